The van der Waals surface area contributed by atoms with Gasteiger partial charge in [-0.15, -0.1) is 11.3 Å². The molecule has 1 rings (SSSR count). The fourth-order valence-corrected chi connectivity index (χ4v) is 1.69. The van der Waals surface area contributed by atoms with E-state index >= 15 is 0 Å². The topological polar surface area (TPSA) is 103 Å². The van der Waals surface area contributed by atoms with Crippen LogP contribution in [0.1, 0.15) is 20.8 Å². The van der Waals surface area contributed by atoms with Gasteiger partial charge in [-0.3, -0.25) is 10.7 Å². The lowest BCUT2D eigenvalue weighted by molar-refractivity contribution is 0.0635. The zero-order valence-corrected chi connectivity index (χ0v) is 11.1. The third kappa shape index (κ3) is 4.60. The zero-order chi connectivity index (χ0) is 13.8. The second kappa shape index (κ2) is 5.69. The van der Waals surface area contributed by atoms with Crippen LogP contribution in [0.15, 0.2) is 11.4 Å². The number of rotatable bonds is 2. The van der Waals surface area contributed by atoms with Crippen molar-refractivity contribution in [2.75, 3.05) is 5.32 Å². The van der Waals surface area contributed by atoms with Gasteiger partial charge >= 0.3 is 12.2 Å². The Labute approximate surface area is 108 Å². The van der Waals surface area contributed by atoms with E-state index in [4.69, 9.17) is 15.3 Å². The van der Waals surface area contributed by atoms with Crippen LogP contribution in [-0.2, 0) is 4.74 Å². The number of ether oxygens (including phenoxy) is 2. The van der Waals surface area contributed by atoms with Gasteiger partial charge < -0.3 is 9.47 Å². The lowest BCUT2D eigenvalue weighted by Crippen LogP contribution is -2.33. The molecule has 0 aliphatic rings. The first-order chi connectivity index (χ1) is 8.31. The lowest BCUT2D eigenvalue weighted by Gasteiger charge is -2.19. The van der Waals surface area contributed by atoms with Crippen LogP contribution in [0, 0.1) is 0 Å². The molecule has 2 amide bonds. The van der Waals surface area contributed by atoms with Crippen LogP contribution in [0.25, 0.3) is 0 Å². The Hall–Kier alpha value is -1.80. The van der Waals surface area contributed by atoms with Crippen LogP contribution < -0.4 is 21.3 Å². The molecule has 0 aromatic carbocycles. The van der Waals surface area contributed by atoms with E-state index in [-0.39, 0.29) is 5.06 Å². The number of anilines is 1. The predicted molar refractivity (Wildman–Crippen MR) is 67.5 cm³/mol. The normalized spacial score (nSPS) is 10.7. The van der Waals surface area contributed by atoms with Crippen LogP contribution in [0.2, 0.25) is 0 Å². The number of nitrogens with two attached hydrogens (primary N) is 1. The first-order valence-corrected chi connectivity index (χ1v) is 5.95. The van der Waals surface area contributed by atoms with Gasteiger partial charge in [-0.25, -0.2) is 15.4 Å². The van der Waals surface area contributed by atoms with Gasteiger partial charge in [0, 0.05) is 0 Å². The van der Waals surface area contributed by atoms with Gasteiger partial charge in [-0.1, -0.05) is 0 Å². The van der Waals surface area contributed by atoms with Crippen molar-refractivity contribution in [3.8, 4) is 5.06 Å². The summed E-state index contributed by atoms with van der Waals surface area (Å²) in [5.41, 5.74) is 1.57. The first-order valence-electron chi connectivity index (χ1n) is 5.08. The molecule has 1 aromatic heterocycles. The van der Waals surface area contributed by atoms with Crippen LogP contribution in [-0.4, -0.2) is 17.8 Å². The maximum atomic E-state index is 11.5. The van der Waals surface area contributed by atoms with E-state index in [0.717, 1.165) is 11.3 Å². The largest absolute Gasteiger partial charge is 0.444 e. The SMILES string of the molecule is CC(C)(C)OC(=O)Nc1ccsc1OC(=O)NN. The molecule has 0 atom stereocenters. The van der Waals surface area contributed by atoms with E-state index in [1.54, 1.807) is 32.2 Å². The lowest BCUT2D eigenvalue weighted by atomic mass is 10.2. The van der Waals surface area contributed by atoms with Crippen molar-refractivity contribution in [3.63, 3.8) is 0 Å². The average molecular weight is 273 g/mol. The smallest absolute Gasteiger partial charge is 0.427 e. The molecule has 7 nitrogen and oxygen atoms in total. The summed E-state index contributed by atoms with van der Waals surface area (Å²) in [7, 11) is 0. The van der Waals surface area contributed by atoms with Crippen LogP contribution >= 0.6 is 11.3 Å². The molecule has 0 fully saturated rings. The molecule has 0 saturated carbocycles. The maximum absolute atomic E-state index is 11.5. The van der Waals surface area contributed by atoms with E-state index in [2.05, 4.69) is 5.32 Å². The molecular formula is C10H15N3O4S. The molecule has 0 aliphatic carbocycles. The molecule has 4 N–H and O–H groups in total. The van der Waals surface area contributed by atoms with Crippen molar-refractivity contribution >= 4 is 29.2 Å². The van der Waals surface area contributed by atoms with Gasteiger partial charge in [-0.05, 0) is 32.2 Å². The standard InChI is InChI=1S/C10H15N3O4S/c1-10(2,3)17-8(14)12-6-4-5-18-7(6)16-9(15)13-11/h4-5H,11H2,1-3H3,(H,12,14)(H,13,15). The summed E-state index contributed by atoms with van der Waals surface area (Å²) in [6, 6.07) is 1.59. The van der Waals surface area contributed by atoms with E-state index < -0.39 is 17.8 Å². The van der Waals surface area contributed by atoms with Crippen molar-refractivity contribution in [1.29, 1.82) is 0 Å². The van der Waals surface area contributed by atoms with Crippen molar-refractivity contribution in [3.05, 3.63) is 11.4 Å². The molecule has 0 aliphatic heterocycles. The Morgan fingerprint density at radius 2 is 2.00 bits per heavy atom. The quantitative estimate of drug-likeness (QED) is 0.435. The number of amides is 2. The first kappa shape index (κ1) is 14.3. The summed E-state index contributed by atoms with van der Waals surface area (Å²) in [4.78, 5) is 22.5. The summed E-state index contributed by atoms with van der Waals surface area (Å²) in [5.74, 6) is 4.89. The molecule has 1 heterocycles. The minimum absolute atomic E-state index is 0.226. The minimum Gasteiger partial charge on any atom is -0.444 e. The fraction of sp³-hybridized carbons (Fsp3) is 0.400. The van der Waals surface area contributed by atoms with Crippen molar-refractivity contribution in [2.45, 2.75) is 26.4 Å². The van der Waals surface area contributed by atoms with E-state index in [9.17, 15) is 9.59 Å². The van der Waals surface area contributed by atoms with E-state index in [1.807, 2.05) is 5.43 Å². The molecule has 0 saturated heterocycles. The highest BCUT2D eigenvalue weighted by Crippen LogP contribution is 2.31. The summed E-state index contributed by atoms with van der Waals surface area (Å²) in [5, 5.41) is 4.36. The molecule has 1 aromatic rings. The zero-order valence-electron chi connectivity index (χ0n) is 10.3. The second-order valence-corrected chi connectivity index (χ2v) is 5.16. The molecule has 0 unspecified atom stereocenters. The number of hydrogen-bond donors (Lipinski definition) is 3. The van der Waals surface area contributed by atoms with E-state index in [0.29, 0.717) is 5.69 Å². The summed E-state index contributed by atoms with van der Waals surface area (Å²) < 4.78 is 9.91. The Kier molecular flexibility index (Phi) is 4.51. The van der Waals surface area contributed by atoms with Crippen LogP contribution in [0.3, 0.4) is 0 Å². The minimum atomic E-state index is -0.815. The Morgan fingerprint density at radius 3 is 2.56 bits per heavy atom. The Morgan fingerprint density at radius 1 is 1.33 bits per heavy atom. The monoisotopic (exact) mass is 273 g/mol. The van der Waals surface area contributed by atoms with Crippen molar-refractivity contribution in [2.24, 2.45) is 5.84 Å². The van der Waals surface area contributed by atoms with Crippen molar-refractivity contribution in [1.82, 2.24) is 5.43 Å². The molecular weight excluding hydrogens is 258 g/mol. The summed E-state index contributed by atoms with van der Waals surface area (Å²) >= 11 is 1.14. The van der Waals surface area contributed by atoms with E-state index in [1.165, 1.54) is 0 Å². The Bertz CT molecular complexity index is 439. The summed E-state index contributed by atoms with van der Waals surface area (Å²) in [6.07, 6.45) is -1.44. The maximum Gasteiger partial charge on any atom is 0.427 e. The molecule has 100 valence electrons. The molecule has 0 radical (unpaired) electrons. The number of thiophene rings is 1. The fourth-order valence-electron chi connectivity index (χ4n) is 0.994. The highest BCUT2D eigenvalue weighted by molar-refractivity contribution is 7.12. The third-order valence-electron chi connectivity index (χ3n) is 1.57. The third-order valence-corrected chi connectivity index (χ3v) is 2.36. The van der Waals surface area contributed by atoms with Gasteiger partial charge in [0.05, 0.1) is 5.69 Å². The number of carbonyl (C=O) groups is 2. The number of hydrazine groups is 1. The van der Waals surface area contributed by atoms with Gasteiger partial charge in [0.15, 0.2) is 0 Å². The highest BCUT2D eigenvalue weighted by Gasteiger charge is 2.18. The van der Waals surface area contributed by atoms with Gasteiger partial charge in [-0.2, -0.15) is 0 Å². The number of carbonyl (C=O) groups excluding carboxylic acids is 2. The van der Waals surface area contributed by atoms with Gasteiger partial charge in [0.25, 0.3) is 0 Å². The highest BCUT2D eigenvalue weighted by atomic mass is 32.1. The van der Waals surface area contributed by atoms with Gasteiger partial charge in [0.1, 0.15) is 5.60 Å². The molecule has 8 heteroatoms. The van der Waals surface area contributed by atoms with Crippen molar-refractivity contribution < 1.29 is 19.1 Å². The van der Waals surface area contributed by atoms with Crippen LogP contribution in [0.4, 0.5) is 15.3 Å². The average Bonchev–Trinajstić information content (AvgIpc) is 2.62. The molecule has 18 heavy (non-hydrogen) atoms. The molecule has 0 spiro atoms. The number of nitrogens with one attached hydrogen (secondary N) is 2. The second-order valence-electron chi connectivity index (χ2n) is 4.28. The van der Waals surface area contributed by atoms with Gasteiger partial charge in [0.2, 0.25) is 5.06 Å². The number of hydrogen-bond acceptors (Lipinski definition) is 6. The summed E-state index contributed by atoms with van der Waals surface area (Å²) in [6.45, 7) is 5.25. The Balaban J connectivity index is 2.65. The predicted octanol–water partition coefficient (Wildman–Crippen LogP) is 2.06. The van der Waals surface area contributed by atoms with Crippen LogP contribution in [0.5, 0.6) is 5.06 Å². The molecule has 0 bridgehead atoms.